The molecule has 0 aromatic carbocycles. The van der Waals surface area contributed by atoms with E-state index in [1.54, 1.807) is 11.1 Å². The third-order valence-corrected chi connectivity index (χ3v) is 9.70. The van der Waals surface area contributed by atoms with Gasteiger partial charge in [0.2, 0.25) is 0 Å². The molecule has 0 aromatic heterocycles. The number of hydrogen-bond acceptors (Lipinski definition) is 4. The summed E-state index contributed by atoms with van der Waals surface area (Å²) in [6.45, 7) is 10.9. The molecule has 0 amide bonds. The summed E-state index contributed by atoms with van der Waals surface area (Å²) in [5, 5.41) is 0. The molecule has 4 fully saturated rings. The van der Waals surface area contributed by atoms with Crippen LogP contribution in [0, 0.1) is 34.5 Å². The Morgan fingerprint density at radius 1 is 1.10 bits per heavy atom. The molecular weight excluding hydrogens is 376 g/mol. The fourth-order valence-corrected chi connectivity index (χ4v) is 8.03. The quantitative estimate of drug-likeness (QED) is 0.578. The molecule has 30 heavy (non-hydrogen) atoms. The molecule has 6 atom stereocenters. The second-order valence-electron chi connectivity index (χ2n) is 11.2. The smallest absolute Gasteiger partial charge is 0.302 e. The Labute approximate surface area is 181 Å². The first-order valence-corrected chi connectivity index (χ1v) is 12.1. The van der Waals surface area contributed by atoms with E-state index in [1.165, 1.54) is 32.6 Å². The van der Waals surface area contributed by atoms with Crippen LogP contribution in [0.15, 0.2) is 23.3 Å². The van der Waals surface area contributed by atoms with Gasteiger partial charge in [0.1, 0.15) is 0 Å². The van der Waals surface area contributed by atoms with Crippen LogP contribution in [0.25, 0.3) is 0 Å². The summed E-state index contributed by atoms with van der Waals surface area (Å²) in [4.78, 5) is 11.3. The molecule has 0 radical (unpaired) electrons. The molecule has 2 unspecified atom stereocenters. The van der Waals surface area contributed by atoms with E-state index in [0.29, 0.717) is 35.7 Å². The number of hydrogen-bond donors (Lipinski definition) is 0. The Bertz CT molecular complexity index is 776. The SMILES string of the molecule is CC(=O)OC[C@@H](C)[C@H]1CCC2C3=CC=C4CC5(CC[C@@]4(C)C3CC[C@@]21C)OCCO5. The maximum absolute atomic E-state index is 11.3. The molecule has 4 aliphatic carbocycles. The van der Waals surface area contributed by atoms with E-state index in [1.807, 2.05) is 0 Å². The minimum Gasteiger partial charge on any atom is -0.466 e. The first kappa shape index (κ1) is 20.8. The molecular formula is C26H38O4. The van der Waals surface area contributed by atoms with Crippen molar-refractivity contribution in [2.24, 2.45) is 34.5 Å². The van der Waals surface area contributed by atoms with Crippen LogP contribution in [-0.4, -0.2) is 31.6 Å². The first-order valence-electron chi connectivity index (χ1n) is 12.1. The molecule has 1 spiro atoms. The van der Waals surface area contributed by atoms with E-state index in [-0.39, 0.29) is 17.2 Å². The Balaban J connectivity index is 1.39. The van der Waals surface area contributed by atoms with E-state index < -0.39 is 0 Å². The summed E-state index contributed by atoms with van der Waals surface area (Å²) in [6.07, 6.45) is 13.1. The van der Waals surface area contributed by atoms with Crippen molar-refractivity contribution in [3.63, 3.8) is 0 Å². The minimum atomic E-state index is -0.343. The van der Waals surface area contributed by atoms with Crippen LogP contribution in [-0.2, 0) is 19.0 Å². The molecule has 0 N–H and O–H groups in total. The van der Waals surface area contributed by atoms with Gasteiger partial charge in [0.15, 0.2) is 5.79 Å². The minimum absolute atomic E-state index is 0.156. The van der Waals surface area contributed by atoms with Gasteiger partial charge in [-0.05, 0) is 66.6 Å². The van der Waals surface area contributed by atoms with Crippen molar-refractivity contribution < 1.29 is 19.0 Å². The third kappa shape index (κ3) is 3.04. The van der Waals surface area contributed by atoms with Crippen molar-refractivity contribution in [3.8, 4) is 0 Å². The first-order chi connectivity index (χ1) is 14.3. The van der Waals surface area contributed by atoms with Crippen LogP contribution in [0.5, 0.6) is 0 Å². The zero-order valence-corrected chi connectivity index (χ0v) is 19.2. The summed E-state index contributed by atoms with van der Waals surface area (Å²) in [7, 11) is 0. The van der Waals surface area contributed by atoms with Crippen molar-refractivity contribution in [1.29, 1.82) is 0 Å². The lowest BCUT2D eigenvalue weighted by molar-refractivity contribution is -0.179. The predicted octanol–water partition coefficient (Wildman–Crippen LogP) is 5.43. The maximum atomic E-state index is 11.3. The monoisotopic (exact) mass is 414 g/mol. The highest BCUT2D eigenvalue weighted by molar-refractivity contribution is 5.65. The van der Waals surface area contributed by atoms with Crippen LogP contribution in [0.1, 0.15) is 72.6 Å². The topological polar surface area (TPSA) is 44.8 Å². The second-order valence-corrected chi connectivity index (χ2v) is 11.2. The highest BCUT2D eigenvalue weighted by atomic mass is 16.7. The van der Waals surface area contributed by atoms with Crippen LogP contribution in [0.4, 0.5) is 0 Å². The van der Waals surface area contributed by atoms with Gasteiger partial charge in [-0.3, -0.25) is 4.79 Å². The summed E-state index contributed by atoms with van der Waals surface area (Å²) in [6, 6.07) is 0. The van der Waals surface area contributed by atoms with E-state index in [0.717, 1.165) is 32.5 Å². The van der Waals surface area contributed by atoms with Gasteiger partial charge in [0.05, 0.1) is 19.8 Å². The molecule has 1 aliphatic heterocycles. The number of fused-ring (bicyclic) bond motifs is 5. The van der Waals surface area contributed by atoms with Gasteiger partial charge in [-0.2, -0.15) is 0 Å². The standard InChI is InChI=1S/C26H38O4/c1-17(16-28-18(2)27)21-7-8-22-20-6-5-19-15-26(29-13-14-30-26)12-11-24(19,3)23(20)9-10-25(21,22)4/h5-6,17,21-23H,7-16H2,1-4H3/t17-,21-,22?,23?,24-,25-/m1/s1. The fourth-order valence-electron chi connectivity index (χ4n) is 8.03. The summed E-state index contributed by atoms with van der Waals surface area (Å²) in [5.74, 6) is 1.90. The number of carbonyl (C=O) groups excluding carboxylic acids is 1. The average Bonchev–Trinajstić information content (AvgIpc) is 3.31. The Morgan fingerprint density at radius 3 is 2.60 bits per heavy atom. The van der Waals surface area contributed by atoms with Crippen molar-refractivity contribution >= 4 is 5.97 Å². The van der Waals surface area contributed by atoms with E-state index in [4.69, 9.17) is 14.2 Å². The second kappa shape index (κ2) is 7.20. The number of allylic oxidation sites excluding steroid dienone is 3. The van der Waals surface area contributed by atoms with E-state index in [9.17, 15) is 4.79 Å². The van der Waals surface area contributed by atoms with E-state index in [2.05, 4.69) is 32.9 Å². The highest BCUT2D eigenvalue weighted by Gasteiger charge is 2.58. The molecule has 0 bridgehead atoms. The van der Waals surface area contributed by atoms with Gasteiger partial charge in [-0.25, -0.2) is 0 Å². The summed E-state index contributed by atoms with van der Waals surface area (Å²) >= 11 is 0. The van der Waals surface area contributed by atoms with Crippen LogP contribution in [0.3, 0.4) is 0 Å². The zero-order chi connectivity index (χ0) is 21.1. The van der Waals surface area contributed by atoms with Crippen LogP contribution < -0.4 is 0 Å². The normalized spacial score (nSPS) is 42.6. The van der Waals surface area contributed by atoms with E-state index >= 15 is 0 Å². The van der Waals surface area contributed by atoms with Gasteiger partial charge < -0.3 is 14.2 Å². The molecule has 5 aliphatic rings. The lowest BCUT2D eigenvalue weighted by Gasteiger charge is -2.56. The molecule has 1 saturated heterocycles. The molecule has 1 heterocycles. The van der Waals surface area contributed by atoms with Crippen molar-refractivity contribution in [2.75, 3.05) is 19.8 Å². The lowest BCUT2D eigenvalue weighted by Crippen LogP contribution is -2.49. The Hall–Kier alpha value is -1.13. The fraction of sp³-hybridized carbons (Fsp3) is 0.808. The van der Waals surface area contributed by atoms with Crippen molar-refractivity contribution in [1.82, 2.24) is 0 Å². The van der Waals surface area contributed by atoms with Gasteiger partial charge in [0, 0.05) is 19.8 Å². The Morgan fingerprint density at radius 2 is 1.87 bits per heavy atom. The molecule has 0 aromatic rings. The molecule has 4 heteroatoms. The molecule has 5 rings (SSSR count). The summed E-state index contributed by atoms with van der Waals surface area (Å²) < 4.78 is 17.5. The number of rotatable bonds is 3. The van der Waals surface area contributed by atoms with Gasteiger partial charge in [-0.1, -0.05) is 44.1 Å². The largest absolute Gasteiger partial charge is 0.466 e. The Kier molecular flexibility index (Phi) is 4.98. The average molecular weight is 415 g/mol. The third-order valence-electron chi connectivity index (χ3n) is 9.70. The van der Waals surface area contributed by atoms with Crippen molar-refractivity contribution in [2.45, 2.75) is 78.4 Å². The lowest BCUT2D eigenvalue weighted by atomic mass is 9.50. The van der Waals surface area contributed by atoms with Gasteiger partial charge >= 0.3 is 5.97 Å². The van der Waals surface area contributed by atoms with Gasteiger partial charge in [-0.15, -0.1) is 0 Å². The zero-order valence-electron chi connectivity index (χ0n) is 19.2. The molecule has 4 nitrogen and oxygen atoms in total. The maximum Gasteiger partial charge on any atom is 0.302 e. The predicted molar refractivity (Wildman–Crippen MR) is 116 cm³/mol. The van der Waals surface area contributed by atoms with Gasteiger partial charge in [0.25, 0.3) is 0 Å². The summed E-state index contributed by atoms with van der Waals surface area (Å²) in [5.41, 5.74) is 3.84. The number of carbonyl (C=O) groups is 1. The van der Waals surface area contributed by atoms with Crippen LogP contribution >= 0.6 is 0 Å². The molecule has 3 saturated carbocycles. The van der Waals surface area contributed by atoms with Crippen molar-refractivity contribution in [3.05, 3.63) is 23.3 Å². The molecule has 166 valence electrons. The number of ether oxygens (including phenoxy) is 3. The number of esters is 1. The van der Waals surface area contributed by atoms with Crippen LogP contribution in [0.2, 0.25) is 0 Å². The highest BCUT2D eigenvalue weighted by Crippen LogP contribution is 2.66.